The third-order valence-corrected chi connectivity index (χ3v) is 3.14. The number of aliphatic hydroxyl groups excluding tert-OH is 1. The summed E-state index contributed by atoms with van der Waals surface area (Å²) in [5, 5.41) is 12.4. The lowest BCUT2D eigenvalue weighted by atomic mass is 10.2. The molecule has 0 fully saturated rings. The van der Waals surface area contributed by atoms with Crippen LogP contribution < -0.4 is 10.1 Å². The lowest BCUT2D eigenvalue weighted by Crippen LogP contribution is -2.38. The zero-order chi connectivity index (χ0) is 15.7. The monoisotopic (exact) mass is 293 g/mol. The number of nitrogens with zero attached hydrogens (tertiary/aromatic N) is 2. The standard InChI is InChI=1S/C16H27N3O2/c1-5-17-16(18-10-13(2)12-20)19(3)11-14-6-8-15(21-4)9-7-14/h6-9,13,20H,5,10-12H2,1-4H3,(H,17,18). The number of guanidine groups is 1. The maximum atomic E-state index is 9.09. The maximum Gasteiger partial charge on any atom is 0.193 e. The highest BCUT2D eigenvalue weighted by Crippen LogP contribution is 2.12. The second-order valence-electron chi connectivity index (χ2n) is 5.19. The largest absolute Gasteiger partial charge is 0.497 e. The van der Waals surface area contributed by atoms with Crippen molar-refractivity contribution >= 4 is 5.96 Å². The van der Waals surface area contributed by atoms with Gasteiger partial charge in [0.25, 0.3) is 0 Å². The molecule has 1 rings (SSSR count). The Bertz CT molecular complexity index is 432. The number of ether oxygens (including phenoxy) is 1. The van der Waals surface area contributed by atoms with E-state index in [2.05, 4.69) is 27.3 Å². The molecule has 0 aliphatic rings. The van der Waals surface area contributed by atoms with Gasteiger partial charge in [0.2, 0.25) is 0 Å². The lowest BCUT2D eigenvalue weighted by Gasteiger charge is -2.22. The molecule has 5 nitrogen and oxygen atoms in total. The minimum absolute atomic E-state index is 0.158. The van der Waals surface area contributed by atoms with E-state index in [9.17, 15) is 0 Å². The van der Waals surface area contributed by atoms with Gasteiger partial charge in [-0.3, -0.25) is 4.99 Å². The summed E-state index contributed by atoms with van der Waals surface area (Å²) in [5.74, 6) is 1.89. The summed E-state index contributed by atoms with van der Waals surface area (Å²) in [6.07, 6.45) is 0. The Hall–Kier alpha value is -1.75. The molecule has 2 N–H and O–H groups in total. The lowest BCUT2D eigenvalue weighted by molar-refractivity contribution is 0.241. The van der Waals surface area contributed by atoms with Crippen molar-refractivity contribution in [2.45, 2.75) is 20.4 Å². The number of aliphatic imine (C=N–C) groups is 1. The molecular formula is C16H27N3O2. The van der Waals surface area contributed by atoms with Crippen molar-refractivity contribution in [3.63, 3.8) is 0 Å². The van der Waals surface area contributed by atoms with Gasteiger partial charge in [0.1, 0.15) is 5.75 Å². The van der Waals surface area contributed by atoms with Gasteiger partial charge in [0.05, 0.1) is 7.11 Å². The zero-order valence-electron chi connectivity index (χ0n) is 13.5. The van der Waals surface area contributed by atoms with E-state index in [0.717, 1.165) is 24.8 Å². The average molecular weight is 293 g/mol. The number of benzene rings is 1. The van der Waals surface area contributed by atoms with Crippen LogP contribution in [-0.2, 0) is 6.54 Å². The van der Waals surface area contributed by atoms with Crippen molar-refractivity contribution < 1.29 is 9.84 Å². The molecule has 0 saturated heterocycles. The fourth-order valence-corrected chi connectivity index (χ4v) is 1.85. The van der Waals surface area contributed by atoms with Crippen LogP contribution in [0.2, 0.25) is 0 Å². The number of hydrogen-bond acceptors (Lipinski definition) is 3. The van der Waals surface area contributed by atoms with Crippen LogP contribution in [-0.4, -0.2) is 49.8 Å². The fraction of sp³-hybridized carbons (Fsp3) is 0.562. The SMILES string of the molecule is CCNC(=NCC(C)CO)N(C)Cc1ccc(OC)cc1. The molecule has 0 aromatic heterocycles. The quantitative estimate of drug-likeness (QED) is 0.594. The third kappa shape index (κ3) is 6.04. The first-order valence-electron chi connectivity index (χ1n) is 7.33. The van der Waals surface area contributed by atoms with Crippen LogP contribution in [0.25, 0.3) is 0 Å². The Morgan fingerprint density at radius 2 is 2.05 bits per heavy atom. The summed E-state index contributed by atoms with van der Waals surface area (Å²) >= 11 is 0. The van der Waals surface area contributed by atoms with E-state index in [1.165, 1.54) is 5.56 Å². The highest BCUT2D eigenvalue weighted by atomic mass is 16.5. The normalized spacial score (nSPS) is 12.9. The number of rotatable bonds is 7. The first-order chi connectivity index (χ1) is 10.1. The summed E-state index contributed by atoms with van der Waals surface area (Å²) < 4.78 is 5.16. The van der Waals surface area contributed by atoms with Crippen LogP contribution in [0, 0.1) is 5.92 Å². The Kier molecular flexibility index (Phi) is 7.61. The molecule has 5 heteroatoms. The molecule has 1 aromatic carbocycles. The summed E-state index contributed by atoms with van der Waals surface area (Å²) in [6, 6.07) is 8.02. The Labute approximate surface area is 127 Å². The number of nitrogens with one attached hydrogen (secondary N) is 1. The summed E-state index contributed by atoms with van der Waals surface area (Å²) in [7, 11) is 3.68. The van der Waals surface area contributed by atoms with Crippen molar-refractivity contribution in [3.8, 4) is 5.75 Å². The summed E-state index contributed by atoms with van der Waals surface area (Å²) in [6.45, 7) is 6.39. The van der Waals surface area contributed by atoms with Crippen LogP contribution in [0.4, 0.5) is 0 Å². The second kappa shape index (κ2) is 9.23. The molecule has 0 radical (unpaired) electrons. The highest BCUT2D eigenvalue weighted by Gasteiger charge is 2.07. The smallest absolute Gasteiger partial charge is 0.193 e. The van der Waals surface area contributed by atoms with E-state index in [4.69, 9.17) is 9.84 Å². The predicted molar refractivity (Wildman–Crippen MR) is 86.7 cm³/mol. The molecular weight excluding hydrogens is 266 g/mol. The van der Waals surface area contributed by atoms with E-state index < -0.39 is 0 Å². The Morgan fingerprint density at radius 3 is 2.57 bits per heavy atom. The van der Waals surface area contributed by atoms with Gasteiger partial charge in [-0.25, -0.2) is 0 Å². The van der Waals surface area contributed by atoms with E-state index in [1.807, 2.05) is 33.0 Å². The van der Waals surface area contributed by atoms with Crippen molar-refractivity contribution in [1.82, 2.24) is 10.2 Å². The van der Waals surface area contributed by atoms with Gasteiger partial charge in [-0.05, 0) is 30.5 Å². The first-order valence-corrected chi connectivity index (χ1v) is 7.33. The van der Waals surface area contributed by atoms with Gasteiger partial charge in [-0.2, -0.15) is 0 Å². The van der Waals surface area contributed by atoms with Gasteiger partial charge in [-0.15, -0.1) is 0 Å². The van der Waals surface area contributed by atoms with E-state index >= 15 is 0 Å². The summed E-state index contributed by atoms with van der Waals surface area (Å²) in [5.41, 5.74) is 1.19. The Morgan fingerprint density at radius 1 is 1.38 bits per heavy atom. The van der Waals surface area contributed by atoms with Gasteiger partial charge >= 0.3 is 0 Å². The molecule has 1 atom stereocenters. The second-order valence-corrected chi connectivity index (χ2v) is 5.19. The number of aliphatic hydroxyl groups is 1. The van der Waals surface area contributed by atoms with Gasteiger partial charge in [-0.1, -0.05) is 19.1 Å². The van der Waals surface area contributed by atoms with E-state index in [-0.39, 0.29) is 12.5 Å². The topological polar surface area (TPSA) is 57.1 Å². The minimum Gasteiger partial charge on any atom is -0.497 e. The maximum absolute atomic E-state index is 9.09. The van der Waals surface area contributed by atoms with Crippen LogP contribution in [0.3, 0.4) is 0 Å². The van der Waals surface area contributed by atoms with Gasteiger partial charge in [0.15, 0.2) is 5.96 Å². The molecule has 118 valence electrons. The van der Waals surface area contributed by atoms with Gasteiger partial charge in [0, 0.05) is 33.3 Å². The molecule has 1 aromatic rings. The van der Waals surface area contributed by atoms with Crippen LogP contribution in [0.5, 0.6) is 5.75 Å². The minimum atomic E-state index is 0.158. The molecule has 0 saturated carbocycles. The Balaban J connectivity index is 2.68. The van der Waals surface area contributed by atoms with E-state index in [0.29, 0.717) is 6.54 Å². The zero-order valence-corrected chi connectivity index (χ0v) is 13.5. The van der Waals surface area contributed by atoms with Crippen molar-refractivity contribution in [3.05, 3.63) is 29.8 Å². The fourth-order valence-electron chi connectivity index (χ4n) is 1.85. The van der Waals surface area contributed by atoms with E-state index in [1.54, 1.807) is 7.11 Å². The average Bonchev–Trinajstić information content (AvgIpc) is 2.51. The van der Waals surface area contributed by atoms with Gasteiger partial charge < -0.3 is 20.1 Å². The predicted octanol–water partition coefficient (Wildman–Crippen LogP) is 1.72. The molecule has 0 heterocycles. The highest BCUT2D eigenvalue weighted by molar-refractivity contribution is 5.79. The summed E-state index contributed by atoms with van der Waals surface area (Å²) in [4.78, 5) is 6.64. The van der Waals surface area contributed by atoms with Crippen LogP contribution in [0.1, 0.15) is 19.4 Å². The third-order valence-electron chi connectivity index (χ3n) is 3.14. The molecule has 0 amide bonds. The van der Waals surface area contributed by atoms with Crippen molar-refractivity contribution in [2.75, 3.05) is 33.9 Å². The molecule has 0 aliphatic carbocycles. The number of hydrogen-bond donors (Lipinski definition) is 2. The first kappa shape index (κ1) is 17.3. The molecule has 0 aliphatic heterocycles. The van der Waals surface area contributed by atoms with Crippen LogP contribution in [0.15, 0.2) is 29.3 Å². The van der Waals surface area contributed by atoms with Crippen molar-refractivity contribution in [2.24, 2.45) is 10.9 Å². The molecule has 0 bridgehead atoms. The van der Waals surface area contributed by atoms with Crippen molar-refractivity contribution in [1.29, 1.82) is 0 Å². The number of methoxy groups -OCH3 is 1. The molecule has 1 unspecified atom stereocenters. The van der Waals surface area contributed by atoms with Crippen LogP contribution >= 0.6 is 0 Å². The molecule has 21 heavy (non-hydrogen) atoms. The molecule has 0 spiro atoms.